The van der Waals surface area contributed by atoms with E-state index in [0.29, 0.717) is 22.3 Å². The summed E-state index contributed by atoms with van der Waals surface area (Å²) in [6.45, 7) is -0.643. The van der Waals surface area contributed by atoms with Crippen LogP contribution in [0.25, 0.3) is 22.2 Å². The number of ether oxygens (including phenoxy) is 2. The van der Waals surface area contributed by atoms with E-state index in [1.165, 1.54) is 7.11 Å². The predicted octanol–water partition coefficient (Wildman–Crippen LogP) is 2.26. The summed E-state index contributed by atoms with van der Waals surface area (Å²) < 4.78 is 10.3. The molecular weight excluding hydrogens is 362 g/mol. The SMILES string of the molecule is COc1ccc2nc(-c3ccccc3)cc(C(=O)OCC(=O)NC(N)=O)c2c1. The number of benzene rings is 2. The average Bonchev–Trinajstić information content (AvgIpc) is 2.71. The van der Waals surface area contributed by atoms with Crippen molar-refractivity contribution in [2.75, 3.05) is 13.7 Å². The number of pyridine rings is 1. The molecule has 1 heterocycles. The van der Waals surface area contributed by atoms with E-state index < -0.39 is 24.5 Å². The lowest BCUT2D eigenvalue weighted by Gasteiger charge is -2.11. The molecule has 0 unspecified atom stereocenters. The van der Waals surface area contributed by atoms with Crippen LogP contribution in [0.5, 0.6) is 5.75 Å². The summed E-state index contributed by atoms with van der Waals surface area (Å²) in [7, 11) is 1.51. The number of carbonyl (C=O) groups excluding carboxylic acids is 3. The Labute approximate surface area is 160 Å². The molecule has 0 atom stereocenters. The number of urea groups is 1. The van der Waals surface area contributed by atoms with Gasteiger partial charge < -0.3 is 15.2 Å². The number of aromatic nitrogens is 1. The monoisotopic (exact) mass is 379 g/mol. The highest BCUT2D eigenvalue weighted by molar-refractivity contribution is 6.06. The van der Waals surface area contributed by atoms with Gasteiger partial charge in [0, 0.05) is 10.9 Å². The molecule has 0 aliphatic carbocycles. The number of amides is 3. The van der Waals surface area contributed by atoms with Gasteiger partial charge in [0.15, 0.2) is 6.61 Å². The van der Waals surface area contributed by atoms with E-state index in [2.05, 4.69) is 4.98 Å². The van der Waals surface area contributed by atoms with E-state index in [0.717, 1.165) is 5.56 Å². The van der Waals surface area contributed by atoms with Crippen LogP contribution < -0.4 is 15.8 Å². The fraction of sp³-hybridized carbons (Fsp3) is 0.100. The van der Waals surface area contributed by atoms with E-state index in [1.807, 2.05) is 35.6 Å². The first-order chi connectivity index (χ1) is 13.5. The highest BCUT2D eigenvalue weighted by atomic mass is 16.5. The molecule has 3 amide bonds. The maximum absolute atomic E-state index is 12.6. The summed E-state index contributed by atoms with van der Waals surface area (Å²) in [6, 6.07) is 15.0. The van der Waals surface area contributed by atoms with Gasteiger partial charge in [0.25, 0.3) is 5.91 Å². The van der Waals surface area contributed by atoms with Gasteiger partial charge in [0.05, 0.1) is 23.9 Å². The number of nitrogens with one attached hydrogen (secondary N) is 1. The van der Waals surface area contributed by atoms with Gasteiger partial charge in [0.1, 0.15) is 5.75 Å². The van der Waals surface area contributed by atoms with Gasteiger partial charge in [-0.15, -0.1) is 0 Å². The van der Waals surface area contributed by atoms with Gasteiger partial charge in [-0.2, -0.15) is 0 Å². The van der Waals surface area contributed by atoms with Crippen LogP contribution in [0.4, 0.5) is 4.79 Å². The summed E-state index contributed by atoms with van der Waals surface area (Å²) in [4.78, 5) is 39.5. The van der Waals surface area contributed by atoms with Gasteiger partial charge in [-0.1, -0.05) is 30.3 Å². The van der Waals surface area contributed by atoms with Crippen LogP contribution in [0.2, 0.25) is 0 Å². The summed E-state index contributed by atoms with van der Waals surface area (Å²) >= 11 is 0. The van der Waals surface area contributed by atoms with E-state index in [-0.39, 0.29) is 5.56 Å². The lowest BCUT2D eigenvalue weighted by Crippen LogP contribution is -2.37. The molecule has 28 heavy (non-hydrogen) atoms. The molecule has 0 spiro atoms. The molecule has 0 aliphatic heterocycles. The summed E-state index contributed by atoms with van der Waals surface area (Å²) in [5.41, 5.74) is 7.05. The van der Waals surface area contributed by atoms with Gasteiger partial charge >= 0.3 is 12.0 Å². The number of hydrogen-bond acceptors (Lipinski definition) is 6. The van der Waals surface area contributed by atoms with E-state index >= 15 is 0 Å². The highest BCUT2D eigenvalue weighted by Gasteiger charge is 2.17. The van der Waals surface area contributed by atoms with Crippen molar-refractivity contribution in [1.29, 1.82) is 0 Å². The lowest BCUT2D eigenvalue weighted by atomic mass is 10.0. The van der Waals surface area contributed by atoms with Crippen molar-refractivity contribution >= 4 is 28.8 Å². The van der Waals surface area contributed by atoms with Gasteiger partial charge in [-0.3, -0.25) is 10.1 Å². The number of hydrogen-bond donors (Lipinski definition) is 2. The molecule has 2 aromatic carbocycles. The first kappa shape index (κ1) is 18.8. The number of methoxy groups -OCH3 is 1. The van der Waals surface area contributed by atoms with Crippen molar-refractivity contribution in [2.24, 2.45) is 5.73 Å². The number of rotatable bonds is 5. The smallest absolute Gasteiger partial charge is 0.339 e. The Balaban J connectivity index is 2.01. The quantitative estimate of drug-likeness (QED) is 0.656. The minimum absolute atomic E-state index is 0.217. The zero-order valence-electron chi connectivity index (χ0n) is 15.0. The topological polar surface area (TPSA) is 121 Å². The van der Waals surface area contributed by atoms with Crippen LogP contribution in [0.15, 0.2) is 54.6 Å². The maximum Gasteiger partial charge on any atom is 0.339 e. The Morgan fingerprint density at radius 3 is 2.50 bits per heavy atom. The number of nitrogens with two attached hydrogens (primary N) is 1. The number of carbonyl (C=O) groups is 3. The lowest BCUT2D eigenvalue weighted by molar-refractivity contribution is -0.123. The molecule has 0 fully saturated rings. The Morgan fingerprint density at radius 2 is 1.82 bits per heavy atom. The van der Waals surface area contributed by atoms with E-state index in [4.69, 9.17) is 15.2 Å². The summed E-state index contributed by atoms with van der Waals surface area (Å²) in [5, 5.41) is 2.35. The highest BCUT2D eigenvalue weighted by Crippen LogP contribution is 2.28. The third kappa shape index (κ3) is 4.24. The van der Waals surface area contributed by atoms with Crippen LogP contribution in [-0.2, 0) is 9.53 Å². The molecule has 1 aromatic heterocycles. The van der Waals surface area contributed by atoms with Crippen molar-refractivity contribution in [3.05, 3.63) is 60.2 Å². The molecule has 142 valence electrons. The summed E-state index contributed by atoms with van der Waals surface area (Å²) in [6.07, 6.45) is 0. The molecule has 0 saturated heterocycles. The van der Waals surface area contributed by atoms with Gasteiger partial charge in [0.2, 0.25) is 0 Å². The molecule has 8 heteroatoms. The fourth-order valence-corrected chi connectivity index (χ4v) is 2.64. The Bertz CT molecular complexity index is 1050. The van der Waals surface area contributed by atoms with Crippen molar-refractivity contribution in [3.8, 4) is 17.0 Å². The van der Waals surface area contributed by atoms with Crippen molar-refractivity contribution in [2.45, 2.75) is 0 Å². The molecule has 0 saturated carbocycles. The standard InChI is InChI=1S/C20H17N3O5/c1-27-13-7-8-16-14(9-13)15(19(25)28-11-18(24)23-20(21)26)10-17(22-16)12-5-3-2-4-6-12/h2-10H,11H2,1H3,(H3,21,23,24,26). The number of esters is 1. The number of imide groups is 1. The Hall–Kier alpha value is -3.94. The van der Waals surface area contributed by atoms with Gasteiger partial charge in [-0.25, -0.2) is 14.6 Å². The van der Waals surface area contributed by atoms with Crippen LogP contribution in [0.3, 0.4) is 0 Å². The molecule has 0 aliphatic rings. The second-order valence-corrected chi connectivity index (χ2v) is 5.79. The van der Waals surface area contributed by atoms with Crippen LogP contribution in [-0.4, -0.2) is 36.6 Å². The molecule has 3 N–H and O–H groups in total. The van der Waals surface area contributed by atoms with E-state index in [9.17, 15) is 14.4 Å². The maximum atomic E-state index is 12.6. The minimum atomic E-state index is -1.02. The van der Waals surface area contributed by atoms with Crippen LogP contribution in [0, 0.1) is 0 Å². The molecule has 0 bridgehead atoms. The zero-order chi connectivity index (χ0) is 20.1. The second kappa shape index (κ2) is 8.17. The van der Waals surface area contributed by atoms with Crippen molar-refractivity contribution < 1.29 is 23.9 Å². The second-order valence-electron chi connectivity index (χ2n) is 5.79. The number of primary amides is 1. The zero-order valence-corrected chi connectivity index (χ0v) is 15.0. The number of fused-ring (bicyclic) bond motifs is 1. The van der Waals surface area contributed by atoms with E-state index in [1.54, 1.807) is 24.3 Å². The van der Waals surface area contributed by atoms with Crippen LogP contribution in [0.1, 0.15) is 10.4 Å². The predicted molar refractivity (Wildman–Crippen MR) is 102 cm³/mol. The first-order valence-corrected chi connectivity index (χ1v) is 8.28. The van der Waals surface area contributed by atoms with Crippen molar-refractivity contribution in [1.82, 2.24) is 10.3 Å². The first-order valence-electron chi connectivity index (χ1n) is 8.28. The number of nitrogens with zero attached hydrogens (tertiary/aromatic N) is 1. The van der Waals surface area contributed by atoms with Gasteiger partial charge in [-0.05, 0) is 24.3 Å². The van der Waals surface area contributed by atoms with Crippen molar-refractivity contribution in [3.63, 3.8) is 0 Å². The normalized spacial score (nSPS) is 10.3. The summed E-state index contributed by atoms with van der Waals surface area (Å²) in [5.74, 6) is -1.01. The Kier molecular flexibility index (Phi) is 5.50. The largest absolute Gasteiger partial charge is 0.497 e. The Morgan fingerprint density at radius 1 is 1.07 bits per heavy atom. The average molecular weight is 379 g/mol. The molecule has 3 rings (SSSR count). The fourth-order valence-electron chi connectivity index (χ4n) is 2.64. The molecular formula is C20H17N3O5. The molecule has 8 nitrogen and oxygen atoms in total. The third-order valence-electron chi connectivity index (χ3n) is 3.90. The third-order valence-corrected chi connectivity index (χ3v) is 3.90. The van der Waals surface area contributed by atoms with Crippen LogP contribution >= 0.6 is 0 Å². The minimum Gasteiger partial charge on any atom is -0.497 e. The molecule has 0 radical (unpaired) electrons. The molecule has 3 aromatic rings.